The fourth-order valence-electron chi connectivity index (χ4n) is 4.99. The number of nitrogens with two attached hydrogens (primary N) is 1. The van der Waals surface area contributed by atoms with Crippen LogP contribution in [0.1, 0.15) is 50.3 Å². The Labute approximate surface area is 214 Å². The van der Waals surface area contributed by atoms with Crippen molar-refractivity contribution in [3.05, 3.63) is 63.9 Å². The van der Waals surface area contributed by atoms with Crippen LogP contribution in [0.4, 0.5) is 5.95 Å². The van der Waals surface area contributed by atoms with E-state index >= 15 is 0 Å². The summed E-state index contributed by atoms with van der Waals surface area (Å²) >= 11 is 6.77. The van der Waals surface area contributed by atoms with E-state index in [1.807, 2.05) is 35.8 Å². The minimum atomic E-state index is -0.0935. The van der Waals surface area contributed by atoms with Gasteiger partial charge in [0.05, 0.1) is 17.6 Å². The summed E-state index contributed by atoms with van der Waals surface area (Å²) in [6, 6.07) is 8.14. The van der Waals surface area contributed by atoms with Crippen LogP contribution in [-0.2, 0) is 0 Å². The van der Waals surface area contributed by atoms with Crippen molar-refractivity contribution >= 4 is 28.6 Å². The summed E-state index contributed by atoms with van der Waals surface area (Å²) in [6.07, 6.45) is 10.9. The van der Waals surface area contributed by atoms with Crippen molar-refractivity contribution in [2.24, 2.45) is 5.73 Å². The Hall–Kier alpha value is -3.36. The maximum Gasteiger partial charge on any atom is 0.260 e. The number of anilines is 1. The van der Waals surface area contributed by atoms with Crippen molar-refractivity contribution in [1.82, 2.24) is 24.5 Å². The molecule has 6 rings (SSSR count). The molecule has 0 saturated heterocycles. The Morgan fingerprint density at radius 3 is 2.53 bits per heavy atom. The third-order valence-electron chi connectivity index (χ3n) is 7.10. The van der Waals surface area contributed by atoms with Crippen molar-refractivity contribution in [1.29, 1.82) is 0 Å². The van der Waals surface area contributed by atoms with Gasteiger partial charge in [-0.2, -0.15) is 4.98 Å². The molecule has 36 heavy (non-hydrogen) atoms. The van der Waals surface area contributed by atoms with Gasteiger partial charge in [0.1, 0.15) is 5.65 Å². The van der Waals surface area contributed by atoms with Gasteiger partial charge in [-0.1, -0.05) is 23.7 Å². The molecule has 0 aliphatic heterocycles. The van der Waals surface area contributed by atoms with Gasteiger partial charge in [-0.05, 0) is 57.6 Å². The van der Waals surface area contributed by atoms with Crippen molar-refractivity contribution < 1.29 is 0 Å². The van der Waals surface area contributed by atoms with Crippen LogP contribution < -0.4 is 16.6 Å². The number of benzene rings is 1. The van der Waals surface area contributed by atoms with E-state index in [1.54, 1.807) is 18.6 Å². The van der Waals surface area contributed by atoms with E-state index in [0.717, 1.165) is 60.9 Å². The Bertz CT molecular complexity index is 1510. The van der Waals surface area contributed by atoms with E-state index in [0.29, 0.717) is 33.8 Å². The van der Waals surface area contributed by atoms with Gasteiger partial charge >= 0.3 is 0 Å². The normalized spacial score (nSPS) is 20.0. The van der Waals surface area contributed by atoms with Gasteiger partial charge in [0.25, 0.3) is 5.56 Å². The molecule has 0 atom stereocenters. The molecule has 3 heterocycles. The molecule has 4 aromatic rings. The van der Waals surface area contributed by atoms with Crippen LogP contribution in [0.5, 0.6) is 0 Å². The van der Waals surface area contributed by atoms with Crippen molar-refractivity contribution in [3.63, 3.8) is 0 Å². The molecule has 0 radical (unpaired) electrons. The molecule has 1 aromatic carbocycles. The molecule has 0 unspecified atom stereocenters. The van der Waals surface area contributed by atoms with E-state index < -0.39 is 0 Å². The van der Waals surface area contributed by atoms with Crippen LogP contribution in [-0.4, -0.2) is 36.6 Å². The summed E-state index contributed by atoms with van der Waals surface area (Å²) in [5.41, 5.74) is 10.4. The molecule has 184 valence electrons. The molecule has 3 N–H and O–H groups in total. The summed E-state index contributed by atoms with van der Waals surface area (Å²) in [5, 5.41) is 4.65. The standard InChI is InChI=1S/C27H28ClN7O/c1-15-12-30-14-24(32-15)16-2-9-21(23(28)11-16)22-10-17-13-31-27(33-19-5-6-19)34-25(17)35(26(22)36)20-7-3-18(29)4-8-20/h2,9-14,18-20H,3-8,29H2,1H3,(H,31,33,34). The van der Waals surface area contributed by atoms with E-state index in [-0.39, 0.29) is 17.6 Å². The smallest absolute Gasteiger partial charge is 0.260 e. The van der Waals surface area contributed by atoms with Gasteiger partial charge in [0.2, 0.25) is 5.95 Å². The molecule has 0 amide bonds. The van der Waals surface area contributed by atoms with Gasteiger partial charge in [0, 0.05) is 57.6 Å². The van der Waals surface area contributed by atoms with Gasteiger partial charge in [-0.3, -0.25) is 14.3 Å². The minimum Gasteiger partial charge on any atom is -0.351 e. The fourth-order valence-corrected chi connectivity index (χ4v) is 5.27. The predicted molar refractivity (Wildman–Crippen MR) is 142 cm³/mol. The lowest BCUT2D eigenvalue weighted by atomic mass is 9.91. The number of aromatic nitrogens is 5. The molecule has 2 fully saturated rings. The van der Waals surface area contributed by atoms with Crippen LogP contribution in [0, 0.1) is 6.92 Å². The van der Waals surface area contributed by atoms with E-state index in [1.165, 1.54) is 0 Å². The average molecular weight is 502 g/mol. The molecule has 2 saturated carbocycles. The van der Waals surface area contributed by atoms with Gasteiger partial charge < -0.3 is 11.1 Å². The van der Waals surface area contributed by atoms with Crippen LogP contribution in [0.3, 0.4) is 0 Å². The first-order chi connectivity index (χ1) is 17.5. The second-order valence-corrected chi connectivity index (χ2v) is 10.3. The molecule has 0 bridgehead atoms. The van der Waals surface area contributed by atoms with Crippen LogP contribution >= 0.6 is 11.6 Å². The SMILES string of the molecule is Cc1cncc(-c2ccc(-c3cc4cnc(NC5CC5)nc4n(C4CCC(N)CC4)c3=O)c(Cl)c2)n1. The average Bonchev–Trinajstić information content (AvgIpc) is 3.69. The first-order valence-electron chi connectivity index (χ1n) is 12.5. The van der Waals surface area contributed by atoms with Crippen molar-refractivity contribution in [3.8, 4) is 22.4 Å². The van der Waals surface area contributed by atoms with Gasteiger partial charge in [-0.15, -0.1) is 0 Å². The maximum atomic E-state index is 14.0. The van der Waals surface area contributed by atoms with Crippen molar-refractivity contribution in [2.75, 3.05) is 5.32 Å². The Balaban J connectivity index is 1.48. The highest BCUT2D eigenvalue weighted by Crippen LogP contribution is 2.34. The number of hydrogen-bond donors (Lipinski definition) is 2. The zero-order chi connectivity index (χ0) is 24.8. The highest BCUT2D eigenvalue weighted by Gasteiger charge is 2.26. The van der Waals surface area contributed by atoms with E-state index in [9.17, 15) is 4.79 Å². The Morgan fingerprint density at radius 2 is 1.81 bits per heavy atom. The molecule has 2 aliphatic rings. The number of nitrogens with one attached hydrogen (secondary N) is 1. The number of rotatable bonds is 5. The molecule has 0 spiro atoms. The van der Waals surface area contributed by atoms with Crippen LogP contribution in [0.25, 0.3) is 33.4 Å². The summed E-state index contributed by atoms with van der Waals surface area (Å²) in [5.74, 6) is 0.570. The summed E-state index contributed by atoms with van der Waals surface area (Å²) in [4.78, 5) is 32.1. The Kier molecular flexibility index (Phi) is 5.93. The molecule has 2 aliphatic carbocycles. The number of fused-ring (bicyclic) bond motifs is 1. The number of halogens is 1. The lowest BCUT2D eigenvalue weighted by molar-refractivity contribution is 0.324. The lowest BCUT2D eigenvalue weighted by Gasteiger charge is -2.29. The fraction of sp³-hybridized carbons (Fsp3) is 0.370. The topological polar surface area (TPSA) is 112 Å². The molecule has 3 aromatic heterocycles. The number of hydrogen-bond acceptors (Lipinski definition) is 7. The lowest BCUT2D eigenvalue weighted by Crippen LogP contribution is -2.33. The Morgan fingerprint density at radius 1 is 1.00 bits per heavy atom. The first-order valence-corrected chi connectivity index (χ1v) is 12.9. The quantitative estimate of drug-likeness (QED) is 0.400. The molecular weight excluding hydrogens is 474 g/mol. The molecule has 9 heteroatoms. The van der Waals surface area contributed by atoms with E-state index in [4.69, 9.17) is 22.3 Å². The second kappa shape index (κ2) is 9.26. The van der Waals surface area contributed by atoms with Crippen molar-refractivity contribution in [2.45, 2.75) is 63.6 Å². The molecule has 8 nitrogen and oxygen atoms in total. The van der Waals surface area contributed by atoms with E-state index in [2.05, 4.69) is 20.3 Å². The third-order valence-corrected chi connectivity index (χ3v) is 7.41. The highest BCUT2D eigenvalue weighted by atomic mass is 35.5. The number of pyridine rings is 1. The predicted octanol–water partition coefficient (Wildman–Crippen LogP) is 4.89. The number of nitrogens with zero attached hydrogens (tertiary/aromatic N) is 5. The van der Waals surface area contributed by atoms with Crippen LogP contribution in [0.15, 0.2) is 47.7 Å². The highest BCUT2D eigenvalue weighted by molar-refractivity contribution is 6.33. The third kappa shape index (κ3) is 4.47. The zero-order valence-corrected chi connectivity index (χ0v) is 20.9. The first kappa shape index (κ1) is 23.1. The monoisotopic (exact) mass is 501 g/mol. The second-order valence-electron chi connectivity index (χ2n) is 9.93. The maximum absolute atomic E-state index is 14.0. The summed E-state index contributed by atoms with van der Waals surface area (Å²) in [7, 11) is 0. The van der Waals surface area contributed by atoms with Crippen LogP contribution in [0.2, 0.25) is 5.02 Å². The van der Waals surface area contributed by atoms with Gasteiger partial charge in [0.15, 0.2) is 0 Å². The summed E-state index contributed by atoms with van der Waals surface area (Å²) < 4.78 is 1.85. The minimum absolute atomic E-state index is 0.0315. The largest absolute Gasteiger partial charge is 0.351 e. The number of aryl methyl sites for hydroxylation is 1. The summed E-state index contributed by atoms with van der Waals surface area (Å²) in [6.45, 7) is 1.90. The zero-order valence-electron chi connectivity index (χ0n) is 20.1. The van der Waals surface area contributed by atoms with Gasteiger partial charge in [-0.25, -0.2) is 9.97 Å². The molecular formula is C27H28ClN7O.